The van der Waals surface area contributed by atoms with Crippen LogP contribution < -0.4 is 0 Å². The van der Waals surface area contributed by atoms with E-state index in [1.807, 2.05) is 49.9 Å². The van der Waals surface area contributed by atoms with Crippen molar-refractivity contribution in [2.24, 2.45) is 0 Å². The molecule has 1 heterocycles. The number of hydrogen-bond donors (Lipinski definition) is 0. The Morgan fingerprint density at radius 1 is 1.32 bits per heavy atom. The zero-order valence-corrected chi connectivity index (χ0v) is 13.1. The number of aryl methyl sites for hydroxylation is 1. The van der Waals surface area contributed by atoms with Crippen molar-refractivity contribution < 1.29 is 4.79 Å². The number of Topliss-reactive ketones (excluding diaryl/α,β-unsaturated/α-hetero) is 1. The molecule has 1 aliphatic rings. The number of carbonyl (C=O) groups is 1. The van der Waals surface area contributed by atoms with E-state index in [-0.39, 0.29) is 16.6 Å². The van der Waals surface area contributed by atoms with Crippen molar-refractivity contribution in [2.75, 3.05) is 18.8 Å². The molecule has 0 radical (unpaired) electrons. The number of benzene rings is 1. The van der Waals surface area contributed by atoms with Crippen LogP contribution in [-0.4, -0.2) is 40.3 Å². The summed E-state index contributed by atoms with van der Waals surface area (Å²) in [6.07, 6.45) is 0. The smallest absolute Gasteiger partial charge is 0.179 e. The third-order valence-electron chi connectivity index (χ3n) is 3.72. The largest absolute Gasteiger partial charge is 0.292 e. The lowest BCUT2D eigenvalue weighted by Gasteiger charge is -2.40. The Kier molecular flexibility index (Phi) is 4.36. The fraction of sp³-hybridized carbons (Fsp3) is 0.562. The summed E-state index contributed by atoms with van der Waals surface area (Å²) in [5.74, 6) is 1.35. The summed E-state index contributed by atoms with van der Waals surface area (Å²) < 4.78 is 0.250. The second-order valence-electron chi connectivity index (χ2n) is 5.98. The van der Waals surface area contributed by atoms with E-state index < -0.39 is 0 Å². The van der Waals surface area contributed by atoms with Crippen LogP contribution in [0.5, 0.6) is 0 Å². The van der Waals surface area contributed by atoms with Crippen LogP contribution in [-0.2, 0) is 0 Å². The van der Waals surface area contributed by atoms with E-state index in [2.05, 4.69) is 18.7 Å². The molecule has 0 bridgehead atoms. The molecule has 1 aliphatic heterocycles. The van der Waals surface area contributed by atoms with Gasteiger partial charge in [-0.1, -0.05) is 29.8 Å². The Bertz CT molecular complexity index is 452. The molecule has 1 unspecified atom stereocenters. The molecule has 0 aromatic heterocycles. The Labute approximate surface area is 120 Å². The van der Waals surface area contributed by atoms with Crippen LogP contribution in [0.25, 0.3) is 0 Å². The minimum Gasteiger partial charge on any atom is -0.292 e. The Morgan fingerprint density at radius 2 is 1.95 bits per heavy atom. The maximum absolute atomic E-state index is 12.5. The number of nitrogens with zero attached hydrogens (tertiary/aromatic N) is 1. The quantitative estimate of drug-likeness (QED) is 0.790. The molecule has 0 amide bonds. The number of carbonyl (C=O) groups excluding carboxylic acids is 1. The van der Waals surface area contributed by atoms with Crippen LogP contribution in [0.1, 0.15) is 36.7 Å². The average molecular weight is 277 g/mol. The minimum absolute atomic E-state index is 0.0251. The highest BCUT2D eigenvalue weighted by Crippen LogP contribution is 2.30. The predicted molar refractivity (Wildman–Crippen MR) is 83.1 cm³/mol. The van der Waals surface area contributed by atoms with Crippen LogP contribution in [0.15, 0.2) is 24.3 Å². The Morgan fingerprint density at radius 3 is 2.53 bits per heavy atom. The monoisotopic (exact) mass is 277 g/mol. The SMILES string of the molecule is Cc1ccc(C(=O)C(C)N2CCSC(C)(C)C2)cc1. The lowest BCUT2D eigenvalue weighted by Crippen LogP contribution is -2.49. The first-order valence-corrected chi connectivity index (χ1v) is 7.86. The highest BCUT2D eigenvalue weighted by Gasteiger charge is 2.32. The van der Waals surface area contributed by atoms with Gasteiger partial charge in [0.2, 0.25) is 0 Å². The number of hydrogen-bond acceptors (Lipinski definition) is 3. The number of thioether (sulfide) groups is 1. The van der Waals surface area contributed by atoms with E-state index in [0.29, 0.717) is 0 Å². The molecule has 0 saturated carbocycles. The van der Waals surface area contributed by atoms with E-state index in [4.69, 9.17) is 0 Å². The Balaban J connectivity index is 2.08. The van der Waals surface area contributed by atoms with Crippen LogP contribution in [0.3, 0.4) is 0 Å². The normalized spacial score (nSPS) is 21.1. The van der Waals surface area contributed by atoms with Gasteiger partial charge in [-0.05, 0) is 27.7 Å². The second kappa shape index (κ2) is 5.68. The summed E-state index contributed by atoms with van der Waals surface area (Å²) in [7, 11) is 0. The first-order chi connectivity index (χ1) is 8.89. The minimum atomic E-state index is -0.0251. The third-order valence-corrected chi connectivity index (χ3v) is 5.02. The van der Waals surface area contributed by atoms with Gasteiger partial charge in [0.1, 0.15) is 0 Å². The number of rotatable bonds is 3. The van der Waals surface area contributed by atoms with Crippen molar-refractivity contribution in [3.05, 3.63) is 35.4 Å². The van der Waals surface area contributed by atoms with Crippen molar-refractivity contribution >= 4 is 17.5 Å². The first kappa shape index (κ1) is 14.6. The molecule has 19 heavy (non-hydrogen) atoms. The first-order valence-electron chi connectivity index (χ1n) is 6.88. The van der Waals surface area contributed by atoms with E-state index in [1.54, 1.807) is 0 Å². The fourth-order valence-corrected chi connectivity index (χ4v) is 3.64. The van der Waals surface area contributed by atoms with Crippen molar-refractivity contribution in [1.82, 2.24) is 4.90 Å². The van der Waals surface area contributed by atoms with Crippen LogP contribution in [0.2, 0.25) is 0 Å². The molecule has 1 saturated heterocycles. The van der Waals surface area contributed by atoms with Crippen molar-refractivity contribution in [3.8, 4) is 0 Å². The second-order valence-corrected chi connectivity index (χ2v) is 7.79. The van der Waals surface area contributed by atoms with Gasteiger partial charge in [0.15, 0.2) is 5.78 Å². The molecule has 3 heteroatoms. The fourth-order valence-electron chi connectivity index (χ4n) is 2.51. The zero-order valence-electron chi connectivity index (χ0n) is 12.3. The van der Waals surface area contributed by atoms with E-state index in [1.165, 1.54) is 5.56 Å². The predicted octanol–water partition coefficient (Wildman–Crippen LogP) is 3.39. The van der Waals surface area contributed by atoms with Gasteiger partial charge in [0.25, 0.3) is 0 Å². The molecule has 104 valence electrons. The topological polar surface area (TPSA) is 20.3 Å². The molecule has 1 aromatic carbocycles. The van der Waals surface area contributed by atoms with Crippen LogP contribution in [0, 0.1) is 6.92 Å². The molecule has 0 N–H and O–H groups in total. The van der Waals surface area contributed by atoms with Gasteiger partial charge in [0.05, 0.1) is 6.04 Å². The van der Waals surface area contributed by atoms with E-state index in [9.17, 15) is 4.79 Å². The zero-order chi connectivity index (χ0) is 14.0. The van der Waals surface area contributed by atoms with E-state index >= 15 is 0 Å². The molecule has 0 spiro atoms. The van der Waals surface area contributed by atoms with Crippen molar-refractivity contribution in [3.63, 3.8) is 0 Å². The lowest BCUT2D eigenvalue weighted by molar-refractivity contribution is 0.0832. The van der Waals surface area contributed by atoms with E-state index in [0.717, 1.165) is 24.4 Å². The maximum atomic E-state index is 12.5. The summed E-state index contributed by atoms with van der Waals surface area (Å²) in [6, 6.07) is 7.88. The van der Waals surface area contributed by atoms with Crippen LogP contribution in [0.4, 0.5) is 0 Å². The van der Waals surface area contributed by atoms with Gasteiger partial charge in [-0.2, -0.15) is 11.8 Å². The Hall–Kier alpha value is -0.800. The molecular weight excluding hydrogens is 254 g/mol. The van der Waals surface area contributed by atoms with Crippen molar-refractivity contribution in [2.45, 2.75) is 38.5 Å². The highest BCUT2D eigenvalue weighted by atomic mass is 32.2. The highest BCUT2D eigenvalue weighted by molar-refractivity contribution is 8.00. The summed E-state index contributed by atoms with van der Waals surface area (Å²) in [5, 5.41) is 0. The molecule has 1 fully saturated rings. The molecular formula is C16H23NOS. The van der Waals surface area contributed by atoms with Gasteiger partial charge in [0, 0.05) is 29.2 Å². The number of ketones is 1. The van der Waals surface area contributed by atoms with Crippen LogP contribution >= 0.6 is 11.8 Å². The average Bonchev–Trinajstić information content (AvgIpc) is 2.37. The summed E-state index contributed by atoms with van der Waals surface area (Å²) in [4.78, 5) is 14.8. The molecule has 1 atom stereocenters. The van der Waals surface area contributed by atoms with Crippen molar-refractivity contribution in [1.29, 1.82) is 0 Å². The summed E-state index contributed by atoms with van der Waals surface area (Å²) in [5.41, 5.74) is 2.02. The van der Waals surface area contributed by atoms with Gasteiger partial charge >= 0.3 is 0 Å². The van der Waals surface area contributed by atoms with Gasteiger partial charge in [-0.15, -0.1) is 0 Å². The molecule has 2 rings (SSSR count). The van der Waals surface area contributed by atoms with Gasteiger partial charge in [-0.25, -0.2) is 0 Å². The summed E-state index contributed by atoms with van der Waals surface area (Å²) >= 11 is 2.00. The molecule has 1 aromatic rings. The maximum Gasteiger partial charge on any atom is 0.179 e. The molecule has 0 aliphatic carbocycles. The molecule has 2 nitrogen and oxygen atoms in total. The standard InChI is InChI=1S/C16H23NOS/c1-12-5-7-14(8-6-12)15(18)13(2)17-9-10-19-16(3,4)11-17/h5-8,13H,9-11H2,1-4H3. The van der Waals surface area contributed by atoms with Gasteiger partial charge in [-0.3, -0.25) is 9.69 Å². The lowest BCUT2D eigenvalue weighted by atomic mass is 10.0. The van der Waals surface area contributed by atoms with Gasteiger partial charge < -0.3 is 0 Å². The third kappa shape index (κ3) is 3.61. The summed E-state index contributed by atoms with van der Waals surface area (Å²) in [6.45, 7) is 10.6.